The quantitative estimate of drug-likeness (QED) is 0.768. The number of carbonyl (C=O) groups is 1. The average Bonchev–Trinajstić information content (AvgIpc) is 2.41. The Balaban J connectivity index is 2.59. The molecule has 0 saturated heterocycles. The lowest BCUT2D eigenvalue weighted by Crippen LogP contribution is -2.38. The van der Waals surface area contributed by atoms with Gasteiger partial charge < -0.3 is 15.2 Å². The fourth-order valence-corrected chi connectivity index (χ4v) is 2.06. The number of hydrogen-bond donors (Lipinski definition) is 2. The smallest absolute Gasteiger partial charge is 0.320 e. The number of carboxylic acid groups (broad SMARTS) is 1. The second-order valence-electron chi connectivity index (χ2n) is 5.14. The molecule has 1 aromatic rings. The van der Waals surface area contributed by atoms with Crippen LogP contribution in [0, 0.1) is 20.8 Å². The minimum Gasteiger partial charge on any atom is -0.493 e. The predicted octanol–water partition coefficient (Wildman–Crippen LogP) is 2.83. The fraction of sp³-hybridized carbons (Fsp3) is 0.562. The fourth-order valence-electron chi connectivity index (χ4n) is 2.06. The Bertz CT molecular complexity index is 457. The topological polar surface area (TPSA) is 58.6 Å². The first-order valence-corrected chi connectivity index (χ1v) is 7.13. The maximum absolute atomic E-state index is 11.1. The van der Waals surface area contributed by atoms with Crippen molar-refractivity contribution in [2.45, 2.75) is 46.6 Å². The van der Waals surface area contributed by atoms with Crippen molar-refractivity contribution in [1.82, 2.24) is 5.32 Å². The maximum Gasteiger partial charge on any atom is 0.320 e. The Kier molecular flexibility index (Phi) is 6.52. The van der Waals surface area contributed by atoms with Crippen LogP contribution in [0.2, 0.25) is 0 Å². The van der Waals surface area contributed by atoms with Crippen LogP contribution in [0.1, 0.15) is 36.5 Å². The summed E-state index contributed by atoms with van der Waals surface area (Å²) in [5.41, 5.74) is 3.39. The van der Waals surface area contributed by atoms with Crippen molar-refractivity contribution in [1.29, 1.82) is 0 Å². The van der Waals surface area contributed by atoms with E-state index in [9.17, 15) is 4.79 Å². The van der Waals surface area contributed by atoms with Crippen LogP contribution in [-0.4, -0.2) is 30.3 Å². The normalized spacial score (nSPS) is 12.2. The number of aryl methyl sites for hydroxylation is 2. The molecule has 4 nitrogen and oxygen atoms in total. The van der Waals surface area contributed by atoms with E-state index in [2.05, 4.69) is 11.4 Å². The van der Waals surface area contributed by atoms with E-state index in [4.69, 9.17) is 9.84 Å². The van der Waals surface area contributed by atoms with Crippen molar-refractivity contribution in [3.8, 4) is 5.75 Å². The number of hydrogen-bond acceptors (Lipinski definition) is 3. The maximum atomic E-state index is 11.1. The second-order valence-corrected chi connectivity index (χ2v) is 5.14. The molecule has 1 aromatic carbocycles. The van der Waals surface area contributed by atoms with Crippen LogP contribution in [0.5, 0.6) is 5.75 Å². The van der Waals surface area contributed by atoms with E-state index in [0.717, 1.165) is 23.3 Å². The lowest BCUT2D eigenvalue weighted by molar-refractivity contribution is -0.139. The van der Waals surface area contributed by atoms with Crippen molar-refractivity contribution < 1.29 is 14.6 Å². The van der Waals surface area contributed by atoms with Gasteiger partial charge in [-0.2, -0.15) is 0 Å². The van der Waals surface area contributed by atoms with Crippen LogP contribution in [0.25, 0.3) is 0 Å². The largest absolute Gasteiger partial charge is 0.493 e. The molecule has 0 spiro atoms. The van der Waals surface area contributed by atoms with Gasteiger partial charge in [0.25, 0.3) is 0 Å². The van der Waals surface area contributed by atoms with Crippen molar-refractivity contribution in [2.24, 2.45) is 0 Å². The van der Waals surface area contributed by atoms with Crippen LogP contribution >= 0.6 is 0 Å². The molecule has 0 amide bonds. The summed E-state index contributed by atoms with van der Waals surface area (Å²) in [5.74, 6) is 0.0596. The van der Waals surface area contributed by atoms with Crippen molar-refractivity contribution >= 4 is 5.97 Å². The van der Waals surface area contributed by atoms with Gasteiger partial charge in [0.2, 0.25) is 0 Å². The molecule has 0 aliphatic rings. The molecule has 112 valence electrons. The molecule has 0 saturated carbocycles. The van der Waals surface area contributed by atoms with Crippen molar-refractivity contribution in [3.63, 3.8) is 0 Å². The molecule has 2 N–H and O–H groups in total. The van der Waals surface area contributed by atoms with Gasteiger partial charge in [0.1, 0.15) is 11.8 Å². The van der Waals surface area contributed by atoms with Crippen molar-refractivity contribution in [2.75, 3.05) is 13.2 Å². The van der Waals surface area contributed by atoms with E-state index >= 15 is 0 Å². The number of carboxylic acids is 1. The van der Waals surface area contributed by atoms with Gasteiger partial charge in [-0.3, -0.25) is 4.79 Å². The van der Waals surface area contributed by atoms with Gasteiger partial charge in [-0.05, 0) is 50.4 Å². The van der Waals surface area contributed by atoms with Crippen LogP contribution < -0.4 is 10.1 Å². The molecular weight excluding hydrogens is 254 g/mol. The molecule has 0 aliphatic carbocycles. The molecule has 0 radical (unpaired) electrons. The van der Waals surface area contributed by atoms with Crippen LogP contribution in [0.3, 0.4) is 0 Å². The average molecular weight is 279 g/mol. The Morgan fingerprint density at radius 3 is 2.55 bits per heavy atom. The summed E-state index contributed by atoms with van der Waals surface area (Å²) in [6.07, 6.45) is 1.38. The summed E-state index contributed by atoms with van der Waals surface area (Å²) < 4.78 is 5.81. The summed E-state index contributed by atoms with van der Waals surface area (Å²) in [7, 11) is 0. The Morgan fingerprint density at radius 1 is 1.30 bits per heavy atom. The highest BCUT2D eigenvalue weighted by atomic mass is 16.5. The van der Waals surface area contributed by atoms with Gasteiger partial charge in [0.05, 0.1) is 6.61 Å². The predicted molar refractivity (Wildman–Crippen MR) is 80.5 cm³/mol. The standard InChI is InChI=1S/C16H25NO3/c1-5-9-17-14(16(18)19)8-10-20-15-12(3)7-6-11(2)13(15)4/h6-7,14,17H,5,8-10H2,1-4H3,(H,18,19). The number of rotatable bonds is 8. The molecule has 1 unspecified atom stereocenters. The molecule has 0 aliphatic heterocycles. The van der Waals surface area contributed by atoms with Gasteiger partial charge in [0.15, 0.2) is 0 Å². The van der Waals surface area contributed by atoms with E-state index in [1.807, 2.05) is 33.8 Å². The van der Waals surface area contributed by atoms with Gasteiger partial charge in [-0.15, -0.1) is 0 Å². The zero-order valence-electron chi connectivity index (χ0n) is 12.8. The van der Waals surface area contributed by atoms with Crippen LogP contribution in [-0.2, 0) is 4.79 Å². The molecular formula is C16H25NO3. The molecule has 0 bridgehead atoms. The monoisotopic (exact) mass is 279 g/mol. The Morgan fingerprint density at radius 2 is 1.95 bits per heavy atom. The van der Waals surface area contributed by atoms with Crippen LogP contribution in [0.4, 0.5) is 0 Å². The minimum atomic E-state index is -0.820. The molecule has 20 heavy (non-hydrogen) atoms. The molecule has 1 rings (SSSR count). The highest BCUT2D eigenvalue weighted by molar-refractivity contribution is 5.73. The van der Waals surface area contributed by atoms with E-state index in [-0.39, 0.29) is 0 Å². The summed E-state index contributed by atoms with van der Waals surface area (Å²) in [6.45, 7) is 9.21. The lowest BCUT2D eigenvalue weighted by atomic mass is 10.1. The summed E-state index contributed by atoms with van der Waals surface area (Å²) in [4.78, 5) is 11.1. The van der Waals surface area contributed by atoms with Crippen molar-refractivity contribution in [3.05, 3.63) is 28.8 Å². The Labute approximate surface area is 121 Å². The first kappa shape index (κ1) is 16.5. The SMILES string of the molecule is CCCNC(CCOc1c(C)ccc(C)c1C)C(=O)O. The lowest BCUT2D eigenvalue weighted by Gasteiger charge is -2.17. The van der Waals surface area contributed by atoms with Gasteiger partial charge in [-0.1, -0.05) is 19.1 Å². The summed E-state index contributed by atoms with van der Waals surface area (Å²) in [5, 5.41) is 12.1. The molecule has 4 heteroatoms. The van der Waals surface area contributed by atoms with E-state index < -0.39 is 12.0 Å². The third-order valence-electron chi connectivity index (χ3n) is 3.47. The van der Waals surface area contributed by atoms with E-state index in [1.54, 1.807) is 0 Å². The first-order valence-electron chi connectivity index (χ1n) is 7.13. The number of aliphatic carboxylic acids is 1. The second kappa shape index (κ2) is 7.90. The molecule has 0 aromatic heterocycles. The van der Waals surface area contributed by atoms with E-state index in [1.165, 1.54) is 5.56 Å². The molecule has 1 atom stereocenters. The third-order valence-corrected chi connectivity index (χ3v) is 3.47. The summed E-state index contributed by atoms with van der Waals surface area (Å²) in [6, 6.07) is 3.56. The van der Waals surface area contributed by atoms with Gasteiger partial charge >= 0.3 is 5.97 Å². The van der Waals surface area contributed by atoms with Gasteiger partial charge in [0, 0.05) is 6.42 Å². The first-order chi connectivity index (χ1) is 9.47. The number of ether oxygens (including phenoxy) is 1. The number of benzene rings is 1. The van der Waals surface area contributed by atoms with E-state index in [0.29, 0.717) is 19.6 Å². The van der Waals surface area contributed by atoms with Gasteiger partial charge in [-0.25, -0.2) is 0 Å². The molecule has 0 heterocycles. The van der Waals surface area contributed by atoms with Crippen LogP contribution in [0.15, 0.2) is 12.1 Å². The highest BCUT2D eigenvalue weighted by Gasteiger charge is 2.16. The number of nitrogens with one attached hydrogen (secondary N) is 1. The zero-order chi connectivity index (χ0) is 15.1. The third kappa shape index (κ3) is 4.53. The summed E-state index contributed by atoms with van der Waals surface area (Å²) >= 11 is 0. The Hall–Kier alpha value is -1.55. The molecule has 0 fully saturated rings. The zero-order valence-corrected chi connectivity index (χ0v) is 12.8. The minimum absolute atomic E-state index is 0.402. The highest BCUT2D eigenvalue weighted by Crippen LogP contribution is 2.25.